The highest BCUT2D eigenvalue weighted by atomic mass is 19.3. The number of amides is 2. The molecule has 2 amide bonds. The lowest BCUT2D eigenvalue weighted by Gasteiger charge is -2.39. The van der Waals surface area contributed by atoms with Gasteiger partial charge in [-0.25, -0.2) is 13.2 Å². The van der Waals surface area contributed by atoms with Crippen LogP contribution in [0.5, 0.6) is 0 Å². The fourth-order valence-corrected chi connectivity index (χ4v) is 4.67. The van der Waals surface area contributed by atoms with E-state index in [0.29, 0.717) is 25.0 Å². The molecule has 2 aliphatic rings. The first-order valence-electron chi connectivity index (χ1n) is 10.4. The number of rotatable bonds is 4. The number of hydrogen-bond donors (Lipinski definition) is 2. The van der Waals surface area contributed by atoms with Crippen molar-refractivity contribution >= 4 is 17.5 Å². The van der Waals surface area contributed by atoms with Crippen molar-refractivity contribution in [2.75, 3.05) is 5.32 Å². The zero-order chi connectivity index (χ0) is 24.1. The van der Waals surface area contributed by atoms with Gasteiger partial charge in [-0.15, -0.1) is 0 Å². The van der Waals surface area contributed by atoms with Crippen LogP contribution in [0.4, 0.5) is 27.6 Å². The van der Waals surface area contributed by atoms with Crippen LogP contribution in [0.1, 0.15) is 47.2 Å². The normalized spacial score (nSPS) is 22.4. The Hall–Kier alpha value is -3.01. The topological polar surface area (TPSA) is 69.6 Å². The summed E-state index contributed by atoms with van der Waals surface area (Å²) in [5.74, 6) is -10.4. The minimum absolute atomic E-state index is 0.0801. The molecule has 2 bridgehead atoms. The largest absolute Gasteiger partial charge is 0.393 e. The van der Waals surface area contributed by atoms with Gasteiger partial charge in [0, 0.05) is 29.4 Å². The van der Waals surface area contributed by atoms with Crippen LogP contribution in [0.3, 0.4) is 0 Å². The van der Waals surface area contributed by atoms with Crippen LogP contribution in [0, 0.1) is 24.4 Å². The molecule has 2 aliphatic heterocycles. The van der Waals surface area contributed by atoms with Crippen molar-refractivity contribution in [3.05, 3.63) is 64.5 Å². The second kappa shape index (κ2) is 8.40. The molecule has 0 spiro atoms. The van der Waals surface area contributed by atoms with Crippen molar-refractivity contribution in [3.8, 4) is 0 Å². The quantitative estimate of drug-likeness (QED) is 0.659. The maximum absolute atomic E-state index is 15.2. The van der Waals surface area contributed by atoms with Gasteiger partial charge >= 0.3 is 5.92 Å². The molecule has 0 radical (unpaired) electrons. The van der Waals surface area contributed by atoms with Gasteiger partial charge in [0.2, 0.25) is 0 Å². The Labute approximate surface area is 186 Å². The fraction of sp³-hybridized carbons (Fsp3) is 0.391. The third-order valence-corrected chi connectivity index (χ3v) is 6.25. The van der Waals surface area contributed by atoms with Gasteiger partial charge in [0.25, 0.3) is 11.8 Å². The first-order valence-corrected chi connectivity index (χ1v) is 10.4. The molecule has 0 aliphatic carbocycles. The molecular weight excluding hydrogens is 447 g/mol. The van der Waals surface area contributed by atoms with Gasteiger partial charge in [0.15, 0.2) is 11.6 Å². The Morgan fingerprint density at radius 2 is 1.67 bits per heavy atom. The number of fused-ring (bicyclic) bond motifs is 2. The van der Waals surface area contributed by atoms with E-state index in [1.807, 2.05) is 0 Å². The number of benzene rings is 2. The molecule has 33 heavy (non-hydrogen) atoms. The lowest BCUT2D eigenvalue weighted by molar-refractivity contribution is -0.166. The summed E-state index contributed by atoms with van der Waals surface area (Å²) in [5.41, 5.74) is -1.84. The monoisotopic (exact) mass is 468 g/mol. The number of carbonyl (C=O) groups is 2. The third-order valence-electron chi connectivity index (χ3n) is 6.25. The number of anilines is 1. The summed E-state index contributed by atoms with van der Waals surface area (Å²) in [6, 6.07) is 2.95. The highest BCUT2D eigenvalue weighted by molar-refractivity contribution is 6.04. The van der Waals surface area contributed by atoms with Crippen LogP contribution >= 0.6 is 0 Å². The molecule has 2 fully saturated rings. The lowest BCUT2D eigenvalue weighted by atomic mass is 9.96. The zero-order valence-corrected chi connectivity index (χ0v) is 17.5. The standard InChI is InChI=1S/C23H21F5N2O3/c1-11-6-13(8-19(25)20(11)26)29-21(32)12-2-5-18(24)17(7-12)23(27,28)22(33)30-14-3-4-15(30)10-16(31)9-14/h2,5-8,14-16,31H,3-4,9-10H2,1H3,(H,29,32)/t14-,15+,16-. The molecule has 2 saturated heterocycles. The van der Waals surface area contributed by atoms with E-state index >= 15 is 8.78 Å². The van der Waals surface area contributed by atoms with Crippen LogP contribution in [0.2, 0.25) is 0 Å². The van der Waals surface area contributed by atoms with Crippen LogP contribution in [0.15, 0.2) is 30.3 Å². The molecule has 0 saturated carbocycles. The summed E-state index contributed by atoms with van der Waals surface area (Å²) in [4.78, 5) is 26.3. The van der Waals surface area contributed by atoms with Gasteiger partial charge in [0.05, 0.1) is 11.7 Å². The number of piperidine rings is 1. The SMILES string of the molecule is Cc1cc(NC(=O)c2ccc(F)c(C(F)(F)C(=O)N3[C@@H]4CC[C@H]3C[C@H](O)C4)c2)cc(F)c1F. The van der Waals surface area contributed by atoms with Gasteiger partial charge in [-0.1, -0.05) is 0 Å². The average Bonchev–Trinajstić information content (AvgIpc) is 3.02. The zero-order valence-electron chi connectivity index (χ0n) is 17.5. The van der Waals surface area contributed by atoms with Crippen LogP contribution in [-0.4, -0.2) is 40.0 Å². The van der Waals surface area contributed by atoms with E-state index < -0.39 is 64.5 Å². The van der Waals surface area contributed by atoms with Crippen molar-refractivity contribution in [1.82, 2.24) is 4.90 Å². The number of nitrogens with one attached hydrogen (secondary N) is 1. The summed E-state index contributed by atoms with van der Waals surface area (Å²) in [7, 11) is 0. The smallest absolute Gasteiger partial charge is 0.352 e. The first-order chi connectivity index (χ1) is 15.5. The van der Waals surface area contributed by atoms with Gasteiger partial charge in [0.1, 0.15) is 5.82 Å². The van der Waals surface area contributed by atoms with E-state index in [-0.39, 0.29) is 24.1 Å². The van der Waals surface area contributed by atoms with E-state index in [1.165, 1.54) is 6.92 Å². The summed E-state index contributed by atoms with van der Waals surface area (Å²) in [6.45, 7) is 1.28. The Balaban J connectivity index is 1.60. The molecular formula is C23H21F5N2O3. The second-order valence-corrected chi connectivity index (χ2v) is 8.53. The van der Waals surface area contributed by atoms with E-state index in [0.717, 1.165) is 23.1 Å². The van der Waals surface area contributed by atoms with E-state index in [1.54, 1.807) is 0 Å². The summed E-state index contributed by atoms with van der Waals surface area (Å²) >= 11 is 0. The fourth-order valence-electron chi connectivity index (χ4n) is 4.67. The van der Waals surface area contributed by atoms with Crippen LogP contribution in [0.25, 0.3) is 0 Å². The number of aliphatic hydroxyl groups excluding tert-OH is 1. The predicted molar refractivity (Wildman–Crippen MR) is 108 cm³/mol. The molecule has 176 valence electrons. The molecule has 0 aromatic heterocycles. The van der Waals surface area contributed by atoms with E-state index in [4.69, 9.17) is 0 Å². The first kappa shape index (κ1) is 23.2. The maximum atomic E-state index is 15.2. The minimum Gasteiger partial charge on any atom is -0.393 e. The maximum Gasteiger partial charge on any atom is 0.352 e. The lowest BCUT2D eigenvalue weighted by Crippen LogP contribution is -2.53. The highest BCUT2D eigenvalue weighted by Gasteiger charge is 2.53. The van der Waals surface area contributed by atoms with Crippen molar-refractivity contribution in [1.29, 1.82) is 0 Å². The Kier molecular flexibility index (Phi) is 5.90. The highest BCUT2D eigenvalue weighted by Crippen LogP contribution is 2.41. The Bertz CT molecular complexity index is 1090. The molecule has 5 nitrogen and oxygen atoms in total. The van der Waals surface area contributed by atoms with Crippen molar-refractivity contribution in [2.24, 2.45) is 0 Å². The number of hydrogen-bond acceptors (Lipinski definition) is 3. The van der Waals surface area contributed by atoms with Gasteiger partial charge in [-0.3, -0.25) is 9.59 Å². The number of carbonyl (C=O) groups excluding carboxylic acids is 2. The molecule has 2 N–H and O–H groups in total. The van der Waals surface area contributed by atoms with Crippen LogP contribution in [-0.2, 0) is 10.7 Å². The second-order valence-electron chi connectivity index (χ2n) is 8.53. The summed E-state index contributed by atoms with van der Waals surface area (Å²) < 4.78 is 71.8. The predicted octanol–water partition coefficient (Wildman–Crippen LogP) is 4.27. The number of alkyl halides is 2. The average molecular weight is 468 g/mol. The van der Waals surface area contributed by atoms with Crippen molar-refractivity contribution in [2.45, 2.75) is 56.7 Å². The van der Waals surface area contributed by atoms with Crippen LogP contribution < -0.4 is 5.32 Å². The molecule has 0 unspecified atom stereocenters. The van der Waals surface area contributed by atoms with Gasteiger partial charge in [-0.2, -0.15) is 8.78 Å². The van der Waals surface area contributed by atoms with Gasteiger partial charge in [-0.05, 0) is 62.4 Å². The van der Waals surface area contributed by atoms with E-state index in [2.05, 4.69) is 5.32 Å². The molecule has 2 aromatic carbocycles. The molecule has 3 atom stereocenters. The summed E-state index contributed by atoms with van der Waals surface area (Å²) in [6.07, 6.45) is 0.627. The third kappa shape index (κ3) is 4.19. The molecule has 2 heterocycles. The molecule has 10 heteroatoms. The van der Waals surface area contributed by atoms with Crippen molar-refractivity contribution in [3.63, 3.8) is 0 Å². The Morgan fingerprint density at radius 3 is 2.27 bits per heavy atom. The number of aliphatic hydroxyl groups is 1. The molecule has 4 rings (SSSR count). The Morgan fingerprint density at radius 1 is 1.03 bits per heavy atom. The van der Waals surface area contributed by atoms with Gasteiger partial charge < -0.3 is 15.3 Å². The van der Waals surface area contributed by atoms with Crippen molar-refractivity contribution < 1.29 is 36.6 Å². The molecule has 2 aromatic rings. The number of halogens is 5. The number of aryl methyl sites for hydroxylation is 1. The summed E-state index contributed by atoms with van der Waals surface area (Å²) in [5, 5.41) is 12.1. The number of nitrogens with zero attached hydrogens (tertiary/aromatic N) is 1. The minimum atomic E-state index is -4.25. The van der Waals surface area contributed by atoms with E-state index in [9.17, 15) is 27.9 Å².